The molecule has 1 atom stereocenters. The number of ether oxygens (including phenoxy) is 2. The fourth-order valence-electron chi connectivity index (χ4n) is 2.16. The van der Waals surface area contributed by atoms with Gasteiger partial charge in [0, 0.05) is 18.3 Å². The van der Waals surface area contributed by atoms with E-state index in [4.69, 9.17) is 9.47 Å². The van der Waals surface area contributed by atoms with Crippen molar-refractivity contribution in [2.45, 2.75) is 32.8 Å². The highest BCUT2D eigenvalue weighted by molar-refractivity contribution is 5.66. The molecule has 0 spiro atoms. The lowest BCUT2D eigenvalue weighted by Crippen LogP contribution is -2.29. The number of hydrogen-bond donors (Lipinski definition) is 1. The lowest BCUT2D eigenvalue weighted by Gasteiger charge is -2.12. The number of nitrogens with one attached hydrogen (secondary N) is 1. The maximum atomic E-state index is 11.4. The van der Waals surface area contributed by atoms with E-state index in [0.29, 0.717) is 12.5 Å². The molecule has 1 N–H and O–H groups in total. The summed E-state index contributed by atoms with van der Waals surface area (Å²) >= 11 is 0. The minimum Gasteiger partial charge on any atom is -0.449 e. The number of fused-ring (bicyclic) bond motifs is 1. The Morgan fingerprint density at radius 1 is 1.47 bits per heavy atom. The van der Waals surface area contributed by atoms with Crippen molar-refractivity contribution in [2.24, 2.45) is 5.92 Å². The standard InChI is InChI=1S/C14H20N2O3/c1-10(2)19-9-16-14(17)18-8-11-5-12-3-4-15-7-13(12)6-11/h3-4,7,10-11H,5-6,8-9H2,1-2H3,(H,16,17). The minimum absolute atomic E-state index is 0.0946. The molecule has 0 aliphatic heterocycles. The van der Waals surface area contributed by atoms with Crippen molar-refractivity contribution in [3.05, 3.63) is 29.6 Å². The summed E-state index contributed by atoms with van der Waals surface area (Å²) in [5.41, 5.74) is 2.58. The zero-order chi connectivity index (χ0) is 13.7. The molecule has 1 unspecified atom stereocenters. The first-order valence-corrected chi connectivity index (χ1v) is 6.59. The zero-order valence-electron chi connectivity index (χ0n) is 11.4. The highest BCUT2D eigenvalue weighted by Crippen LogP contribution is 2.25. The van der Waals surface area contributed by atoms with E-state index in [0.717, 1.165) is 12.8 Å². The quantitative estimate of drug-likeness (QED) is 0.825. The number of amides is 1. The summed E-state index contributed by atoms with van der Waals surface area (Å²) in [6.45, 7) is 4.45. The predicted molar refractivity (Wildman–Crippen MR) is 70.7 cm³/mol. The smallest absolute Gasteiger partial charge is 0.408 e. The van der Waals surface area contributed by atoms with Crippen molar-refractivity contribution in [3.63, 3.8) is 0 Å². The molecule has 1 aromatic heterocycles. The third-order valence-electron chi connectivity index (χ3n) is 3.11. The van der Waals surface area contributed by atoms with Gasteiger partial charge in [0.05, 0.1) is 12.7 Å². The Labute approximate surface area is 113 Å². The Bertz CT molecular complexity index is 409. The van der Waals surface area contributed by atoms with Crippen molar-refractivity contribution >= 4 is 6.09 Å². The number of pyridine rings is 1. The molecule has 1 amide bonds. The first-order valence-electron chi connectivity index (χ1n) is 6.59. The van der Waals surface area contributed by atoms with Crippen LogP contribution >= 0.6 is 0 Å². The van der Waals surface area contributed by atoms with Crippen LogP contribution in [-0.2, 0) is 22.3 Å². The van der Waals surface area contributed by atoms with Gasteiger partial charge in [-0.25, -0.2) is 4.79 Å². The summed E-state index contributed by atoms with van der Waals surface area (Å²) in [6, 6.07) is 2.03. The number of nitrogens with zero attached hydrogens (tertiary/aromatic N) is 1. The van der Waals surface area contributed by atoms with Crippen LogP contribution in [0.25, 0.3) is 0 Å². The second kappa shape index (κ2) is 6.52. The van der Waals surface area contributed by atoms with E-state index in [1.165, 1.54) is 11.1 Å². The van der Waals surface area contributed by atoms with Gasteiger partial charge < -0.3 is 9.47 Å². The summed E-state index contributed by atoms with van der Waals surface area (Å²) in [7, 11) is 0. The molecule has 5 nitrogen and oxygen atoms in total. The predicted octanol–water partition coefficient (Wildman–Crippen LogP) is 1.91. The van der Waals surface area contributed by atoms with Crippen molar-refractivity contribution in [1.29, 1.82) is 0 Å². The van der Waals surface area contributed by atoms with Crippen LogP contribution in [0.3, 0.4) is 0 Å². The second-order valence-corrected chi connectivity index (χ2v) is 5.05. The van der Waals surface area contributed by atoms with Gasteiger partial charge in [0.15, 0.2) is 0 Å². The van der Waals surface area contributed by atoms with Crippen molar-refractivity contribution in [3.8, 4) is 0 Å². The van der Waals surface area contributed by atoms with E-state index in [-0.39, 0.29) is 12.8 Å². The van der Waals surface area contributed by atoms with Crippen LogP contribution in [0.4, 0.5) is 4.79 Å². The zero-order valence-corrected chi connectivity index (χ0v) is 11.4. The van der Waals surface area contributed by atoms with Crippen LogP contribution < -0.4 is 5.32 Å². The monoisotopic (exact) mass is 264 g/mol. The minimum atomic E-state index is -0.422. The lowest BCUT2D eigenvalue weighted by molar-refractivity contribution is 0.0555. The maximum Gasteiger partial charge on any atom is 0.408 e. The van der Waals surface area contributed by atoms with Gasteiger partial charge in [0.2, 0.25) is 0 Å². The summed E-state index contributed by atoms with van der Waals surface area (Å²) in [5, 5.41) is 2.56. The van der Waals surface area contributed by atoms with E-state index in [1.54, 1.807) is 6.20 Å². The van der Waals surface area contributed by atoms with Gasteiger partial charge in [-0.1, -0.05) is 0 Å². The first-order chi connectivity index (χ1) is 9.15. The van der Waals surface area contributed by atoms with Crippen LogP contribution in [0.15, 0.2) is 18.5 Å². The normalized spacial score (nSPS) is 17.3. The molecule has 0 fully saturated rings. The van der Waals surface area contributed by atoms with Crippen LogP contribution in [0.2, 0.25) is 0 Å². The molecule has 2 rings (SSSR count). The van der Waals surface area contributed by atoms with Gasteiger partial charge in [-0.05, 0) is 43.9 Å². The Balaban J connectivity index is 1.66. The van der Waals surface area contributed by atoms with E-state index in [2.05, 4.69) is 10.3 Å². The van der Waals surface area contributed by atoms with E-state index in [9.17, 15) is 4.79 Å². The van der Waals surface area contributed by atoms with Crippen LogP contribution in [0.5, 0.6) is 0 Å². The molecular formula is C14H20N2O3. The molecule has 0 radical (unpaired) electrons. The van der Waals surface area contributed by atoms with Gasteiger partial charge in [-0.2, -0.15) is 0 Å². The van der Waals surface area contributed by atoms with Crippen LogP contribution in [-0.4, -0.2) is 30.5 Å². The third-order valence-corrected chi connectivity index (χ3v) is 3.11. The number of carbonyl (C=O) groups excluding carboxylic acids is 1. The first kappa shape index (κ1) is 13.8. The average Bonchev–Trinajstić information content (AvgIpc) is 2.78. The molecule has 1 heterocycles. The van der Waals surface area contributed by atoms with Gasteiger partial charge >= 0.3 is 6.09 Å². The molecule has 0 saturated carbocycles. The Hall–Kier alpha value is -1.62. The van der Waals surface area contributed by atoms with Gasteiger partial charge in [0.1, 0.15) is 6.73 Å². The molecular weight excluding hydrogens is 244 g/mol. The maximum absolute atomic E-state index is 11.4. The van der Waals surface area contributed by atoms with E-state index in [1.807, 2.05) is 26.1 Å². The molecule has 1 aliphatic rings. The fraction of sp³-hybridized carbons (Fsp3) is 0.571. The summed E-state index contributed by atoms with van der Waals surface area (Å²) in [5.74, 6) is 0.357. The number of alkyl carbamates (subject to hydrolysis) is 1. The second-order valence-electron chi connectivity index (χ2n) is 5.05. The van der Waals surface area contributed by atoms with E-state index < -0.39 is 6.09 Å². The lowest BCUT2D eigenvalue weighted by atomic mass is 10.1. The molecule has 5 heteroatoms. The Morgan fingerprint density at radius 2 is 2.26 bits per heavy atom. The van der Waals surface area contributed by atoms with Gasteiger partial charge in [0.25, 0.3) is 0 Å². The molecule has 19 heavy (non-hydrogen) atoms. The van der Waals surface area contributed by atoms with Crippen molar-refractivity contribution < 1.29 is 14.3 Å². The topological polar surface area (TPSA) is 60.5 Å². The molecule has 1 aliphatic carbocycles. The summed E-state index contributed by atoms with van der Waals surface area (Å²) < 4.78 is 10.4. The number of hydrogen-bond acceptors (Lipinski definition) is 4. The SMILES string of the molecule is CC(C)OCNC(=O)OCC1Cc2ccncc2C1. The summed E-state index contributed by atoms with van der Waals surface area (Å²) in [6.07, 6.45) is 5.25. The highest BCUT2D eigenvalue weighted by Gasteiger charge is 2.22. The van der Waals surface area contributed by atoms with Crippen LogP contribution in [0, 0.1) is 5.92 Å². The van der Waals surface area contributed by atoms with Crippen molar-refractivity contribution in [2.75, 3.05) is 13.3 Å². The highest BCUT2D eigenvalue weighted by atomic mass is 16.6. The molecule has 0 bridgehead atoms. The molecule has 104 valence electrons. The summed E-state index contributed by atoms with van der Waals surface area (Å²) in [4.78, 5) is 15.5. The fourth-order valence-corrected chi connectivity index (χ4v) is 2.16. The van der Waals surface area contributed by atoms with Crippen LogP contribution in [0.1, 0.15) is 25.0 Å². The molecule has 0 aromatic carbocycles. The van der Waals surface area contributed by atoms with Gasteiger partial charge in [-0.15, -0.1) is 0 Å². The Morgan fingerprint density at radius 3 is 3.00 bits per heavy atom. The third kappa shape index (κ3) is 4.21. The number of carbonyl (C=O) groups is 1. The Kier molecular flexibility index (Phi) is 4.74. The van der Waals surface area contributed by atoms with Crippen molar-refractivity contribution in [1.82, 2.24) is 10.3 Å². The number of rotatable bonds is 5. The average molecular weight is 264 g/mol. The molecule has 0 saturated heterocycles. The largest absolute Gasteiger partial charge is 0.449 e. The number of aromatic nitrogens is 1. The van der Waals surface area contributed by atoms with E-state index >= 15 is 0 Å². The van der Waals surface area contributed by atoms with Gasteiger partial charge in [-0.3, -0.25) is 10.3 Å². The molecule has 1 aromatic rings.